The summed E-state index contributed by atoms with van der Waals surface area (Å²) in [5.41, 5.74) is 11.6. The maximum atomic E-state index is 11.6. The van der Waals surface area contributed by atoms with Crippen molar-refractivity contribution in [1.29, 1.82) is 0 Å². The first-order chi connectivity index (χ1) is 19.2. The Hall–Kier alpha value is -5.24. The molecule has 204 valence electrons. The molecule has 0 aromatic heterocycles. The van der Waals surface area contributed by atoms with Crippen molar-refractivity contribution in [3.8, 4) is 28.4 Å². The van der Waals surface area contributed by atoms with Gasteiger partial charge >= 0.3 is 5.97 Å². The van der Waals surface area contributed by atoms with Gasteiger partial charge in [-0.2, -0.15) is 0 Å². The molecule has 8 nitrogen and oxygen atoms in total. The summed E-state index contributed by atoms with van der Waals surface area (Å²) >= 11 is 0. The van der Waals surface area contributed by atoms with E-state index in [9.17, 15) is 19.8 Å². The fraction of sp³-hybridized carbons (Fsp3) is 0.125. The number of phenols is 1. The molecule has 0 fully saturated rings. The lowest BCUT2D eigenvalue weighted by atomic mass is 9.95. The molecule has 40 heavy (non-hydrogen) atoms. The van der Waals surface area contributed by atoms with Crippen molar-refractivity contribution in [1.82, 2.24) is 0 Å². The number of nitrogens with two attached hydrogens (primary N) is 1. The minimum Gasteiger partial charge on any atom is -0.507 e. The predicted molar refractivity (Wildman–Crippen MR) is 156 cm³/mol. The maximum Gasteiger partial charge on any atom is 0.341 e. The number of primary amides is 1. The molecular formula is C32H30N2O6. The molecule has 0 saturated heterocycles. The van der Waals surface area contributed by atoms with Crippen LogP contribution in [0.25, 0.3) is 23.3 Å². The zero-order valence-corrected chi connectivity index (χ0v) is 22.4. The van der Waals surface area contributed by atoms with Gasteiger partial charge in [-0.05, 0) is 71.1 Å². The van der Waals surface area contributed by atoms with Gasteiger partial charge in [-0.15, -0.1) is 0 Å². The lowest BCUT2D eigenvalue weighted by Crippen LogP contribution is -2.10. The van der Waals surface area contributed by atoms with Crippen LogP contribution in [-0.2, 0) is 6.54 Å². The number of hydrogen-bond donors (Lipinski definition) is 4. The zero-order valence-electron chi connectivity index (χ0n) is 22.4. The molecule has 0 spiro atoms. The van der Waals surface area contributed by atoms with Gasteiger partial charge in [0.15, 0.2) is 0 Å². The molecule has 4 aromatic carbocycles. The first-order valence-corrected chi connectivity index (χ1v) is 12.5. The highest BCUT2D eigenvalue weighted by Crippen LogP contribution is 2.34. The van der Waals surface area contributed by atoms with Gasteiger partial charge in [-0.3, -0.25) is 4.79 Å². The van der Waals surface area contributed by atoms with Gasteiger partial charge in [0.25, 0.3) is 0 Å². The SMILES string of the molecule is COc1cc(C=Cc2cccc(-c3ccc(C(N)=O)cc3)c2C)cc(OC)c1CNc1cccc(O)c1C(=O)O. The molecule has 0 aliphatic heterocycles. The average Bonchev–Trinajstić information content (AvgIpc) is 2.95. The molecule has 0 atom stereocenters. The largest absolute Gasteiger partial charge is 0.507 e. The molecule has 0 heterocycles. The number of carboxylic acid groups (broad SMARTS) is 1. The lowest BCUT2D eigenvalue weighted by molar-refractivity contribution is 0.0694. The Balaban J connectivity index is 1.61. The molecule has 5 N–H and O–H groups in total. The molecule has 8 heteroatoms. The number of nitrogens with one attached hydrogen (secondary N) is 1. The molecular weight excluding hydrogens is 508 g/mol. The highest BCUT2D eigenvalue weighted by molar-refractivity contribution is 5.97. The maximum absolute atomic E-state index is 11.6. The van der Waals surface area contributed by atoms with Crippen LogP contribution in [-0.4, -0.2) is 36.3 Å². The number of aromatic hydroxyl groups is 1. The van der Waals surface area contributed by atoms with E-state index in [1.807, 2.05) is 61.5 Å². The molecule has 4 aromatic rings. The second-order valence-corrected chi connectivity index (χ2v) is 9.06. The van der Waals surface area contributed by atoms with Crippen LogP contribution in [0, 0.1) is 6.92 Å². The van der Waals surface area contributed by atoms with Crippen LogP contribution in [0.15, 0.2) is 72.8 Å². The van der Waals surface area contributed by atoms with E-state index in [4.69, 9.17) is 15.2 Å². The Labute approximate surface area is 232 Å². The lowest BCUT2D eigenvalue weighted by Gasteiger charge is -2.17. The Kier molecular flexibility index (Phi) is 8.39. The Morgan fingerprint density at radius 2 is 1.57 bits per heavy atom. The average molecular weight is 539 g/mol. The number of methoxy groups -OCH3 is 2. The van der Waals surface area contributed by atoms with E-state index in [0.29, 0.717) is 22.6 Å². The van der Waals surface area contributed by atoms with Crippen molar-refractivity contribution in [3.05, 3.63) is 106 Å². The van der Waals surface area contributed by atoms with Crippen molar-refractivity contribution in [2.45, 2.75) is 13.5 Å². The number of aromatic carboxylic acids is 1. The van der Waals surface area contributed by atoms with Gasteiger partial charge in [0.1, 0.15) is 22.8 Å². The summed E-state index contributed by atoms with van der Waals surface area (Å²) in [6.45, 7) is 2.25. The van der Waals surface area contributed by atoms with Crippen LogP contribution >= 0.6 is 0 Å². The quantitative estimate of drug-likeness (QED) is 0.183. The van der Waals surface area contributed by atoms with E-state index in [-0.39, 0.29) is 23.5 Å². The van der Waals surface area contributed by atoms with Crippen LogP contribution in [0.1, 0.15) is 43.0 Å². The first-order valence-electron chi connectivity index (χ1n) is 12.5. The van der Waals surface area contributed by atoms with Crippen LogP contribution < -0.4 is 20.5 Å². The van der Waals surface area contributed by atoms with Crippen molar-refractivity contribution >= 4 is 29.7 Å². The number of rotatable bonds is 10. The third-order valence-electron chi connectivity index (χ3n) is 6.65. The van der Waals surface area contributed by atoms with Gasteiger partial charge in [0.05, 0.1) is 25.5 Å². The van der Waals surface area contributed by atoms with Crippen LogP contribution in [0.5, 0.6) is 17.2 Å². The normalized spacial score (nSPS) is 10.9. The molecule has 0 radical (unpaired) electrons. The smallest absolute Gasteiger partial charge is 0.341 e. The van der Waals surface area contributed by atoms with Gasteiger partial charge in [-0.25, -0.2) is 4.79 Å². The molecule has 0 bridgehead atoms. The molecule has 0 aliphatic rings. The summed E-state index contributed by atoms with van der Waals surface area (Å²) in [5.74, 6) is -0.898. The van der Waals surface area contributed by atoms with E-state index in [2.05, 4.69) is 5.32 Å². The second kappa shape index (κ2) is 12.1. The summed E-state index contributed by atoms with van der Waals surface area (Å²) < 4.78 is 11.3. The standard InChI is InChI=1S/C32H30N2O6/c1-19-21(6-4-7-24(19)22-12-14-23(15-13-22)31(33)36)11-10-20-16-28(39-2)25(29(17-20)40-3)18-34-26-8-5-9-27(35)30(26)32(37)38/h4-17,34-35H,18H2,1-3H3,(H2,33,36)(H,37,38). The number of amides is 1. The van der Waals surface area contributed by atoms with Crippen LogP contribution in [0.2, 0.25) is 0 Å². The summed E-state index contributed by atoms with van der Waals surface area (Å²) in [7, 11) is 3.11. The number of ether oxygens (including phenoxy) is 2. The Morgan fingerprint density at radius 1 is 0.925 bits per heavy atom. The number of hydrogen-bond acceptors (Lipinski definition) is 6. The molecule has 0 saturated carbocycles. The minimum atomic E-state index is -1.23. The van der Waals surface area contributed by atoms with E-state index in [1.54, 1.807) is 38.5 Å². The molecule has 0 unspecified atom stereocenters. The highest BCUT2D eigenvalue weighted by Gasteiger charge is 2.17. The summed E-state index contributed by atoms with van der Waals surface area (Å²) in [6.07, 6.45) is 3.97. The topological polar surface area (TPSA) is 131 Å². The monoisotopic (exact) mass is 538 g/mol. The molecule has 1 amide bonds. The Morgan fingerprint density at radius 3 is 2.17 bits per heavy atom. The summed E-state index contributed by atoms with van der Waals surface area (Å²) in [6, 6.07) is 21.5. The van der Waals surface area contributed by atoms with E-state index >= 15 is 0 Å². The van der Waals surface area contributed by atoms with Gasteiger partial charge in [0, 0.05) is 12.1 Å². The molecule has 0 aliphatic carbocycles. The first kappa shape index (κ1) is 27.8. The number of anilines is 1. The second-order valence-electron chi connectivity index (χ2n) is 9.06. The van der Waals surface area contributed by atoms with Crippen molar-refractivity contribution in [2.75, 3.05) is 19.5 Å². The third kappa shape index (κ3) is 5.91. The molecule has 4 rings (SSSR count). The number of benzene rings is 4. The highest BCUT2D eigenvalue weighted by atomic mass is 16.5. The number of carbonyl (C=O) groups excluding carboxylic acids is 1. The predicted octanol–water partition coefficient (Wildman–Crippen LogP) is 5.96. The summed E-state index contributed by atoms with van der Waals surface area (Å²) in [4.78, 5) is 23.0. The van der Waals surface area contributed by atoms with Gasteiger partial charge in [0.2, 0.25) is 5.91 Å². The summed E-state index contributed by atoms with van der Waals surface area (Å²) in [5, 5.41) is 22.6. The van der Waals surface area contributed by atoms with Crippen molar-refractivity contribution in [2.24, 2.45) is 5.73 Å². The van der Waals surface area contributed by atoms with Crippen LogP contribution in [0.3, 0.4) is 0 Å². The van der Waals surface area contributed by atoms with Gasteiger partial charge < -0.3 is 30.7 Å². The fourth-order valence-corrected chi connectivity index (χ4v) is 4.52. The number of carbonyl (C=O) groups is 2. The van der Waals surface area contributed by atoms with Gasteiger partial charge in [-0.1, -0.05) is 48.6 Å². The zero-order chi connectivity index (χ0) is 28.8. The fourth-order valence-electron chi connectivity index (χ4n) is 4.52. The third-order valence-corrected chi connectivity index (χ3v) is 6.65. The minimum absolute atomic E-state index is 0.204. The van der Waals surface area contributed by atoms with E-state index in [0.717, 1.165) is 27.8 Å². The van der Waals surface area contributed by atoms with Crippen molar-refractivity contribution in [3.63, 3.8) is 0 Å². The van der Waals surface area contributed by atoms with E-state index in [1.165, 1.54) is 6.07 Å². The number of carboxylic acids is 1. The van der Waals surface area contributed by atoms with Crippen LogP contribution in [0.4, 0.5) is 5.69 Å². The van der Waals surface area contributed by atoms with E-state index < -0.39 is 11.9 Å². The Bertz CT molecular complexity index is 1570. The van der Waals surface area contributed by atoms with Crippen molar-refractivity contribution < 1.29 is 29.3 Å².